The fourth-order valence-electron chi connectivity index (χ4n) is 3.92. The molecule has 0 heterocycles. The van der Waals surface area contributed by atoms with Crippen molar-refractivity contribution in [2.24, 2.45) is 0 Å². The summed E-state index contributed by atoms with van der Waals surface area (Å²) in [5.41, 5.74) is 2.63. The number of nitrogens with one attached hydrogen (secondary N) is 1. The van der Waals surface area contributed by atoms with Crippen LogP contribution in [0.25, 0.3) is 0 Å². The summed E-state index contributed by atoms with van der Waals surface area (Å²) in [6, 6.07) is 22.6. The van der Waals surface area contributed by atoms with Crippen molar-refractivity contribution in [3.05, 3.63) is 111 Å². The molecule has 0 unspecified atom stereocenters. The highest BCUT2D eigenvalue weighted by Gasteiger charge is 2.30. The number of halogens is 1. The monoisotopic (exact) mass is 553 g/mol. The van der Waals surface area contributed by atoms with E-state index in [2.05, 4.69) is 12.2 Å². The quantitative estimate of drug-likeness (QED) is 0.149. The summed E-state index contributed by atoms with van der Waals surface area (Å²) in [7, 11) is 0. The molecule has 200 valence electrons. The molecule has 3 aromatic carbocycles. The van der Waals surface area contributed by atoms with Crippen molar-refractivity contribution in [1.82, 2.24) is 10.2 Å². The summed E-state index contributed by atoms with van der Waals surface area (Å²) >= 11 is 7.85. The Balaban J connectivity index is 1.81. The maximum absolute atomic E-state index is 13.7. The third-order valence-corrected chi connectivity index (χ3v) is 7.40. The molecule has 3 rings (SSSR count). The number of carbonyl (C=O) groups excluding carboxylic acids is 2. The Morgan fingerprint density at radius 3 is 2.34 bits per heavy atom. The number of rotatable bonds is 14. The summed E-state index contributed by atoms with van der Waals surface area (Å²) in [4.78, 5) is 39.2. The highest BCUT2D eigenvalue weighted by molar-refractivity contribution is 7.99. The third kappa shape index (κ3) is 8.89. The average molecular weight is 554 g/mol. The van der Waals surface area contributed by atoms with Gasteiger partial charge in [-0.3, -0.25) is 19.7 Å². The molecule has 0 aromatic heterocycles. The van der Waals surface area contributed by atoms with Gasteiger partial charge in [0.1, 0.15) is 6.04 Å². The number of hydrogen-bond donors (Lipinski definition) is 1. The first-order chi connectivity index (χ1) is 18.4. The van der Waals surface area contributed by atoms with Gasteiger partial charge in [-0.05, 0) is 29.2 Å². The van der Waals surface area contributed by atoms with E-state index < -0.39 is 11.0 Å². The minimum absolute atomic E-state index is 0.0265. The van der Waals surface area contributed by atoms with Gasteiger partial charge in [-0.2, -0.15) is 0 Å². The van der Waals surface area contributed by atoms with Crippen LogP contribution in [0.15, 0.2) is 78.9 Å². The largest absolute Gasteiger partial charge is 0.354 e. The predicted molar refractivity (Wildman–Crippen MR) is 153 cm³/mol. The predicted octanol–water partition coefficient (Wildman–Crippen LogP) is 6.04. The minimum Gasteiger partial charge on any atom is -0.354 e. The van der Waals surface area contributed by atoms with E-state index in [1.807, 2.05) is 48.5 Å². The lowest BCUT2D eigenvalue weighted by atomic mass is 10.0. The Hall–Kier alpha value is -3.36. The van der Waals surface area contributed by atoms with Crippen LogP contribution in [0.3, 0.4) is 0 Å². The zero-order valence-electron chi connectivity index (χ0n) is 21.3. The van der Waals surface area contributed by atoms with Gasteiger partial charge in [0.25, 0.3) is 5.69 Å². The van der Waals surface area contributed by atoms with E-state index in [4.69, 9.17) is 11.6 Å². The molecule has 0 radical (unpaired) electrons. The molecule has 9 heteroatoms. The van der Waals surface area contributed by atoms with Crippen molar-refractivity contribution >= 4 is 40.9 Å². The van der Waals surface area contributed by atoms with E-state index in [-0.39, 0.29) is 29.8 Å². The number of non-ortho nitro benzene ring substituents is 1. The molecule has 0 fully saturated rings. The van der Waals surface area contributed by atoms with Gasteiger partial charge in [-0.15, -0.1) is 11.8 Å². The highest BCUT2D eigenvalue weighted by Crippen LogP contribution is 2.23. The normalized spacial score (nSPS) is 11.5. The number of benzene rings is 3. The number of nitro benzene ring substituents is 1. The molecule has 2 amide bonds. The zero-order chi connectivity index (χ0) is 27.3. The lowest BCUT2D eigenvalue weighted by Crippen LogP contribution is -2.51. The van der Waals surface area contributed by atoms with Crippen molar-refractivity contribution in [1.29, 1.82) is 0 Å². The SMILES string of the molecule is CCCCNC(=O)[C@@H](Cc1ccccc1)N(Cc1ccccc1Cl)C(=O)CSCc1ccc([N+](=O)[O-])cc1. The lowest BCUT2D eigenvalue weighted by Gasteiger charge is -2.32. The number of nitrogens with zero attached hydrogens (tertiary/aromatic N) is 2. The van der Waals surface area contributed by atoms with Gasteiger partial charge in [0.2, 0.25) is 11.8 Å². The van der Waals surface area contributed by atoms with Crippen LogP contribution < -0.4 is 5.32 Å². The summed E-state index contributed by atoms with van der Waals surface area (Å²) in [6.45, 7) is 2.81. The van der Waals surface area contributed by atoms with E-state index in [0.29, 0.717) is 23.7 Å². The standard InChI is InChI=1S/C29H32ClN3O4S/c1-2-3-17-31-29(35)27(18-22-9-5-4-6-10-22)32(19-24-11-7-8-12-26(24)30)28(34)21-38-20-23-13-15-25(16-14-23)33(36)37/h4-16,27H,2-3,17-21H2,1H3,(H,31,35)/t27-/m1/s1. The molecule has 0 aliphatic rings. The molecule has 0 spiro atoms. The van der Waals surface area contributed by atoms with E-state index in [1.165, 1.54) is 23.9 Å². The molecular formula is C29H32ClN3O4S. The van der Waals surface area contributed by atoms with Gasteiger partial charge in [0.05, 0.1) is 10.7 Å². The first-order valence-corrected chi connectivity index (χ1v) is 14.1. The second kappa shape index (κ2) is 15.1. The van der Waals surface area contributed by atoms with E-state index in [0.717, 1.165) is 29.5 Å². The van der Waals surface area contributed by atoms with Crippen LogP contribution in [0.4, 0.5) is 5.69 Å². The Labute approximate surface area is 232 Å². The highest BCUT2D eigenvalue weighted by atomic mass is 35.5. The maximum atomic E-state index is 13.7. The summed E-state index contributed by atoms with van der Waals surface area (Å²) in [5, 5.41) is 14.4. The zero-order valence-corrected chi connectivity index (χ0v) is 22.9. The van der Waals surface area contributed by atoms with Crippen molar-refractivity contribution in [2.45, 2.75) is 44.5 Å². The van der Waals surface area contributed by atoms with Gasteiger partial charge in [0, 0.05) is 42.4 Å². The molecule has 3 aromatic rings. The van der Waals surface area contributed by atoms with Gasteiger partial charge in [0.15, 0.2) is 0 Å². The maximum Gasteiger partial charge on any atom is 0.269 e. The van der Waals surface area contributed by atoms with Crippen molar-refractivity contribution in [3.8, 4) is 0 Å². The van der Waals surface area contributed by atoms with Crippen LogP contribution in [0.1, 0.15) is 36.5 Å². The fraction of sp³-hybridized carbons (Fsp3) is 0.310. The van der Waals surface area contributed by atoms with Crippen LogP contribution in [0.2, 0.25) is 5.02 Å². The first kappa shape index (κ1) is 29.2. The number of hydrogen-bond acceptors (Lipinski definition) is 5. The van der Waals surface area contributed by atoms with E-state index in [9.17, 15) is 19.7 Å². The van der Waals surface area contributed by atoms with Gasteiger partial charge in [-0.25, -0.2) is 0 Å². The van der Waals surface area contributed by atoms with Crippen LogP contribution in [0.5, 0.6) is 0 Å². The summed E-state index contributed by atoms with van der Waals surface area (Å²) in [5.74, 6) is 0.288. The topological polar surface area (TPSA) is 92.6 Å². The second-order valence-electron chi connectivity index (χ2n) is 8.88. The molecule has 0 saturated carbocycles. The Morgan fingerprint density at radius 1 is 1.00 bits per heavy atom. The van der Waals surface area contributed by atoms with Gasteiger partial charge in [-0.1, -0.05) is 85.6 Å². The molecule has 38 heavy (non-hydrogen) atoms. The van der Waals surface area contributed by atoms with Crippen LogP contribution in [-0.2, 0) is 28.3 Å². The Kier molecular flexibility index (Phi) is 11.6. The molecule has 1 N–H and O–H groups in total. The molecule has 1 atom stereocenters. The fourth-order valence-corrected chi connectivity index (χ4v) is 4.99. The number of thioether (sulfide) groups is 1. The van der Waals surface area contributed by atoms with Crippen molar-refractivity contribution < 1.29 is 14.5 Å². The van der Waals surface area contributed by atoms with E-state index in [1.54, 1.807) is 23.1 Å². The molecule has 7 nitrogen and oxygen atoms in total. The van der Waals surface area contributed by atoms with Crippen molar-refractivity contribution in [2.75, 3.05) is 12.3 Å². The first-order valence-electron chi connectivity index (χ1n) is 12.5. The van der Waals surface area contributed by atoms with E-state index >= 15 is 0 Å². The van der Waals surface area contributed by atoms with Crippen LogP contribution in [-0.4, -0.2) is 40.0 Å². The summed E-state index contributed by atoms with van der Waals surface area (Å²) < 4.78 is 0. The van der Waals surface area contributed by atoms with Gasteiger partial charge < -0.3 is 10.2 Å². The lowest BCUT2D eigenvalue weighted by molar-refractivity contribution is -0.384. The number of unbranched alkanes of at least 4 members (excludes halogenated alkanes) is 1. The third-order valence-electron chi connectivity index (χ3n) is 6.04. The second-order valence-corrected chi connectivity index (χ2v) is 10.3. The van der Waals surface area contributed by atoms with Crippen molar-refractivity contribution in [3.63, 3.8) is 0 Å². The van der Waals surface area contributed by atoms with Crippen LogP contribution >= 0.6 is 23.4 Å². The molecule has 0 aliphatic carbocycles. The van der Waals surface area contributed by atoms with Gasteiger partial charge >= 0.3 is 0 Å². The smallest absolute Gasteiger partial charge is 0.269 e. The molecular weight excluding hydrogens is 522 g/mol. The Morgan fingerprint density at radius 2 is 1.68 bits per heavy atom. The Bertz CT molecular complexity index is 1210. The molecule has 0 saturated heterocycles. The molecule has 0 aliphatic heterocycles. The number of nitro groups is 1. The average Bonchev–Trinajstić information content (AvgIpc) is 2.92. The number of amides is 2. The minimum atomic E-state index is -0.710. The summed E-state index contributed by atoms with van der Waals surface area (Å²) in [6.07, 6.45) is 2.18. The van der Waals surface area contributed by atoms with Crippen LogP contribution in [0, 0.1) is 10.1 Å². The number of carbonyl (C=O) groups is 2. The molecule has 0 bridgehead atoms.